The van der Waals surface area contributed by atoms with Crippen LogP contribution in [0.1, 0.15) is 22.3 Å². The monoisotopic (exact) mass is 333 g/mol. The molecule has 1 N–H and O–H groups in total. The van der Waals surface area contributed by atoms with E-state index in [1.54, 1.807) is 22.6 Å². The Labute approximate surface area is 95.6 Å². The molecule has 0 aliphatic rings. The second kappa shape index (κ2) is 4.35. The average molecular weight is 333 g/mol. The predicted molar refractivity (Wildman–Crippen MR) is 54.9 cm³/mol. The molecule has 0 amide bonds. The van der Waals surface area contributed by atoms with Crippen molar-refractivity contribution in [1.29, 1.82) is 0 Å². The Morgan fingerprint density at radius 3 is 2.57 bits per heavy atom. The van der Waals surface area contributed by atoms with Gasteiger partial charge in [-0.15, -0.1) is 0 Å². The van der Waals surface area contributed by atoms with Gasteiger partial charge >= 0.3 is 0 Å². The third-order valence-electron chi connectivity index (χ3n) is 1.46. The van der Waals surface area contributed by atoms with Crippen molar-refractivity contribution in [2.75, 3.05) is 0 Å². The number of alkyl halides is 2. The highest BCUT2D eigenvalue weighted by Gasteiger charge is 2.21. The first kappa shape index (κ1) is 11.6. The first-order valence-corrected chi connectivity index (χ1v) is 4.80. The highest BCUT2D eigenvalue weighted by molar-refractivity contribution is 14.1. The summed E-state index contributed by atoms with van der Waals surface area (Å²) in [4.78, 5) is 24.0. The Hall–Kier alpha value is -0.500. The van der Waals surface area contributed by atoms with Gasteiger partial charge in [-0.1, -0.05) is 0 Å². The lowest BCUT2D eigenvalue weighted by Crippen LogP contribution is -2.19. The molecule has 0 fully saturated rings. The number of H-pyrrole nitrogens is 1. The average Bonchev–Trinajstić information content (AvgIpc) is 2.01. The van der Waals surface area contributed by atoms with Gasteiger partial charge in [0.15, 0.2) is 0 Å². The molecule has 14 heavy (non-hydrogen) atoms. The summed E-state index contributed by atoms with van der Waals surface area (Å²) in [6.07, 6.45) is -2.90. The first-order chi connectivity index (χ1) is 6.43. The van der Waals surface area contributed by atoms with Gasteiger partial charge in [-0.3, -0.25) is 9.59 Å². The zero-order valence-corrected chi connectivity index (χ0v) is 9.40. The Bertz CT molecular complexity index is 432. The summed E-state index contributed by atoms with van der Waals surface area (Å²) < 4.78 is 25.0. The van der Waals surface area contributed by atoms with E-state index in [4.69, 9.17) is 11.6 Å². The zero-order chi connectivity index (χ0) is 10.9. The van der Waals surface area contributed by atoms with E-state index in [9.17, 15) is 18.4 Å². The molecule has 0 spiro atoms. The topological polar surface area (TPSA) is 49.9 Å². The minimum atomic E-state index is -2.90. The molecule has 0 radical (unpaired) electrons. The standard InChI is InChI=1S/C7H3ClF2INO2/c8-5(13)4-2(6(9)10)1-3(11)12-7(4)14/h1,6H,(H,12,14). The van der Waals surface area contributed by atoms with Crippen LogP contribution in [0.5, 0.6) is 0 Å². The number of aromatic amines is 1. The van der Waals surface area contributed by atoms with E-state index < -0.39 is 28.4 Å². The minimum absolute atomic E-state index is 0.226. The largest absolute Gasteiger partial charge is 0.317 e. The van der Waals surface area contributed by atoms with E-state index in [1.807, 2.05) is 0 Å². The van der Waals surface area contributed by atoms with Crippen LogP contribution in [0.25, 0.3) is 0 Å². The second-order valence-corrected chi connectivity index (χ2v) is 3.86. The first-order valence-electron chi connectivity index (χ1n) is 3.34. The van der Waals surface area contributed by atoms with Gasteiger partial charge in [0.2, 0.25) is 0 Å². The second-order valence-electron chi connectivity index (χ2n) is 2.35. The van der Waals surface area contributed by atoms with Crippen molar-refractivity contribution >= 4 is 39.4 Å². The van der Waals surface area contributed by atoms with Crippen LogP contribution in [0, 0.1) is 3.70 Å². The van der Waals surface area contributed by atoms with E-state index in [0.717, 1.165) is 6.07 Å². The number of pyridine rings is 1. The van der Waals surface area contributed by atoms with Gasteiger partial charge in [0, 0.05) is 5.56 Å². The number of carbonyl (C=O) groups excluding carboxylic acids is 1. The van der Waals surface area contributed by atoms with E-state index in [-0.39, 0.29) is 3.70 Å². The highest BCUT2D eigenvalue weighted by atomic mass is 127. The van der Waals surface area contributed by atoms with Crippen LogP contribution >= 0.6 is 34.2 Å². The zero-order valence-electron chi connectivity index (χ0n) is 6.48. The fourth-order valence-electron chi connectivity index (χ4n) is 0.922. The minimum Gasteiger partial charge on any atom is -0.317 e. The van der Waals surface area contributed by atoms with Crippen molar-refractivity contribution in [3.8, 4) is 0 Å². The third-order valence-corrected chi connectivity index (χ3v) is 2.23. The SMILES string of the molecule is O=C(Cl)c1c(C(F)F)cc(I)[nH]c1=O. The van der Waals surface area contributed by atoms with Crippen molar-refractivity contribution in [3.05, 3.63) is 31.2 Å². The van der Waals surface area contributed by atoms with Crippen molar-refractivity contribution < 1.29 is 13.6 Å². The fourth-order valence-corrected chi connectivity index (χ4v) is 1.70. The molecule has 0 atom stereocenters. The van der Waals surface area contributed by atoms with E-state index in [0.29, 0.717) is 0 Å². The summed E-state index contributed by atoms with van der Waals surface area (Å²) in [5, 5.41) is -1.18. The van der Waals surface area contributed by atoms with E-state index >= 15 is 0 Å². The molecule has 7 heteroatoms. The van der Waals surface area contributed by atoms with Crippen molar-refractivity contribution in [2.24, 2.45) is 0 Å². The number of rotatable bonds is 2. The Balaban J connectivity index is 3.53. The summed E-state index contributed by atoms with van der Waals surface area (Å²) in [5.74, 6) is 0. The molecule has 0 aromatic carbocycles. The Kier molecular flexibility index (Phi) is 3.59. The van der Waals surface area contributed by atoms with Gasteiger partial charge in [0.05, 0.1) is 3.70 Å². The molecule has 0 saturated heterocycles. The Morgan fingerprint density at radius 2 is 2.14 bits per heavy atom. The summed E-state index contributed by atoms with van der Waals surface area (Å²) >= 11 is 6.68. The smallest absolute Gasteiger partial charge is 0.264 e. The molecule has 0 bridgehead atoms. The van der Waals surface area contributed by atoms with Gasteiger partial charge in [-0.2, -0.15) is 0 Å². The van der Waals surface area contributed by atoms with Crippen LogP contribution in [0.4, 0.5) is 8.78 Å². The number of halogens is 4. The van der Waals surface area contributed by atoms with Gasteiger partial charge in [0.1, 0.15) is 5.56 Å². The van der Waals surface area contributed by atoms with Crippen molar-refractivity contribution in [2.45, 2.75) is 6.43 Å². The molecule has 1 rings (SSSR count). The molecule has 0 unspecified atom stereocenters. The summed E-state index contributed by atoms with van der Waals surface area (Å²) in [5.41, 5.74) is -2.23. The number of aromatic nitrogens is 1. The van der Waals surface area contributed by atoms with Crippen LogP contribution in [-0.2, 0) is 0 Å². The molecular weight excluding hydrogens is 330 g/mol. The van der Waals surface area contributed by atoms with Crippen LogP contribution < -0.4 is 5.56 Å². The number of hydrogen-bond acceptors (Lipinski definition) is 2. The van der Waals surface area contributed by atoms with Crippen LogP contribution in [0.15, 0.2) is 10.9 Å². The molecule has 1 aromatic heterocycles. The molecule has 76 valence electrons. The van der Waals surface area contributed by atoms with Crippen molar-refractivity contribution in [3.63, 3.8) is 0 Å². The molecule has 1 heterocycles. The summed E-state index contributed by atoms with van der Waals surface area (Å²) in [6, 6.07) is 1.02. The molecule has 1 aromatic rings. The van der Waals surface area contributed by atoms with Crippen LogP contribution in [0.3, 0.4) is 0 Å². The van der Waals surface area contributed by atoms with Gasteiger partial charge < -0.3 is 4.98 Å². The van der Waals surface area contributed by atoms with Crippen LogP contribution in [-0.4, -0.2) is 10.2 Å². The number of hydrogen-bond donors (Lipinski definition) is 1. The third kappa shape index (κ3) is 2.30. The quantitative estimate of drug-likeness (QED) is 0.513. The van der Waals surface area contributed by atoms with Gasteiger partial charge in [0.25, 0.3) is 17.2 Å². The predicted octanol–water partition coefficient (Wildman–Crippen LogP) is 2.30. The normalized spacial score (nSPS) is 10.6. The molecule has 0 saturated carbocycles. The van der Waals surface area contributed by atoms with E-state index in [1.165, 1.54) is 0 Å². The lowest BCUT2D eigenvalue weighted by Gasteiger charge is -2.04. The molecule has 0 aliphatic heterocycles. The van der Waals surface area contributed by atoms with Gasteiger partial charge in [-0.05, 0) is 40.3 Å². The molecule has 0 aliphatic carbocycles. The van der Waals surface area contributed by atoms with Crippen molar-refractivity contribution in [1.82, 2.24) is 4.98 Å². The van der Waals surface area contributed by atoms with E-state index in [2.05, 4.69) is 4.98 Å². The lowest BCUT2D eigenvalue weighted by atomic mass is 10.1. The summed E-state index contributed by atoms with van der Waals surface area (Å²) in [6.45, 7) is 0. The summed E-state index contributed by atoms with van der Waals surface area (Å²) in [7, 11) is 0. The number of carbonyl (C=O) groups is 1. The van der Waals surface area contributed by atoms with Gasteiger partial charge in [-0.25, -0.2) is 8.78 Å². The lowest BCUT2D eigenvalue weighted by molar-refractivity contribution is 0.106. The maximum atomic E-state index is 12.4. The maximum Gasteiger partial charge on any atom is 0.264 e. The fraction of sp³-hybridized carbons (Fsp3) is 0.143. The van der Waals surface area contributed by atoms with Crippen LogP contribution in [0.2, 0.25) is 0 Å². The molecule has 3 nitrogen and oxygen atoms in total. The molecular formula is C7H3ClF2INO2. The Morgan fingerprint density at radius 1 is 1.57 bits per heavy atom. The maximum absolute atomic E-state index is 12.4. The number of nitrogens with one attached hydrogen (secondary N) is 1. The highest BCUT2D eigenvalue weighted by Crippen LogP contribution is 2.22.